The molecule has 0 spiro atoms. The van der Waals surface area contributed by atoms with Crippen LogP contribution in [0.5, 0.6) is 0 Å². The zero-order valence-electron chi connectivity index (χ0n) is 3.96. The molecular weight excluding hydrogens is 299 g/mol. The summed E-state index contributed by atoms with van der Waals surface area (Å²) in [6.45, 7) is 0. The predicted molar refractivity (Wildman–Crippen MR) is 37.9 cm³/mol. The Bertz CT molecular complexity index is 28.0. The van der Waals surface area contributed by atoms with Gasteiger partial charge in [0.25, 0.3) is 0 Å². The standard InChI is InChI=1S/4ClH.Nb.4H2O/h4*1H;;4*1H2/q;;;;+4;;;;/p-4. The second-order valence-corrected chi connectivity index (χ2v) is 20.4. The average Bonchev–Trinajstić information content (AvgIpc) is 0.722. The molecule has 0 aliphatic rings. The van der Waals surface area contributed by atoms with Crippen LogP contribution in [0.2, 0.25) is 0 Å². The van der Waals surface area contributed by atoms with E-state index in [0.29, 0.717) is 0 Å². The summed E-state index contributed by atoms with van der Waals surface area (Å²) in [7, 11) is 20.1. The van der Waals surface area contributed by atoms with Crippen LogP contribution in [0.25, 0.3) is 0 Å². The van der Waals surface area contributed by atoms with Crippen molar-refractivity contribution < 1.29 is 34.7 Å². The second-order valence-electron chi connectivity index (χ2n) is 0.383. The molecule has 0 radical (unpaired) electrons. The van der Waals surface area contributed by atoms with Gasteiger partial charge < -0.3 is 21.9 Å². The molecule has 0 fully saturated rings. The Balaban J connectivity index is -0.0000000133. The number of hydrogen-bond acceptors (Lipinski definition) is 0. The van der Waals surface area contributed by atoms with Gasteiger partial charge in [-0.2, -0.15) is 0 Å². The van der Waals surface area contributed by atoms with Crippen molar-refractivity contribution in [2.24, 2.45) is 0 Å². The van der Waals surface area contributed by atoms with Gasteiger partial charge in [0.1, 0.15) is 0 Å². The molecule has 0 saturated carbocycles. The van der Waals surface area contributed by atoms with Crippen LogP contribution in [0.15, 0.2) is 0 Å². The van der Waals surface area contributed by atoms with Gasteiger partial charge in [0.2, 0.25) is 0 Å². The first-order valence-corrected chi connectivity index (χ1v) is 12.0. The third kappa shape index (κ3) is 193. The first-order chi connectivity index (χ1) is 2.00. The summed E-state index contributed by atoms with van der Waals surface area (Å²) in [4.78, 5) is 0. The molecule has 0 amide bonds. The fraction of sp³-hybridized carbons (Fsp3) is 0. The van der Waals surface area contributed by atoms with E-state index in [0.717, 1.165) is 0 Å². The van der Waals surface area contributed by atoms with Crippen LogP contribution in [-0.4, -0.2) is 21.9 Å². The van der Waals surface area contributed by atoms with E-state index in [2.05, 4.69) is 0 Å². The van der Waals surface area contributed by atoms with Crippen LogP contribution in [0.4, 0.5) is 0 Å². The van der Waals surface area contributed by atoms with E-state index < -0.39 is 12.8 Å². The Hall–Kier alpha value is 1.74. The third-order valence-corrected chi connectivity index (χ3v) is 0. The maximum atomic E-state index is 5.03. The summed E-state index contributed by atoms with van der Waals surface area (Å²) < 4.78 is 0. The molecule has 0 aliphatic carbocycles. The normalized spacial score (nSPS) is 6.67. The SMILES string of the molecule is O.O.O.O.[Cl][Nb]([Cl])([Cl])[Cl]. The zero-order chi connectivity index (χ0) is 4.50. The van der Waals surface area contributed by atoms with Gasteiger partial charge in [0.05, 0.1) is 0 Å². The molecule has 0 aliphatic heterocycles. The van der Waals surface area contributed by atoms with E-state index in [-0.39, 0.29) is 21.9 Å². The molecule has 0 saturated heterocycles. The van der Waals surface area contributed by atoms with Crippen molar-refractivity contribution >= 4 is 36.8 Å². The van der Waals surface area contributed by atoms with Gasteiger partial charge in [0, 0.05) is 0 Å². The second kappa shape index (κ2) is 12.4. The summed E-state index contributed by atoms with van der Waals surface area (Å²) >= 11 is -3.21. The zero-order valence-corrected chi connectivity index (χ0v) is 9.18. The van der Waals surface area contributed by atoms with Gasteiger partial charge in [-0.05, 0) is 0 Å². The van der Waals surface area contributed by atoms with Crippen molar-refractivity contribution in [3.05, 3.63) is 0 Å². The van der Waals surface area contributed by atoms with Gasteiger partial charge >= 0.3 is 49.6 Å². The van der Waals surface area contributed by atoms with Gasteiger partial charge in [0.15, 0.2) is 0 Å². The van der Waals surface area contributed by atoms with Crippen molar-refractivity contribution in [3.8, 4) is 0 Å². The van der Waals surface area contributed by atoms with Gasteiger partial charge in [-0.1, -0.05) is 0 Å². The third-order valence-electron chi connectivity index (χ3n) is 0. The molecule has 8 N–H and O–H groups in total. The molecule has 0 atom stereocenters. The van der Waals surface area contributed by atoms with Crippen molar-refractivity contribution in [1.29, 1.82) is 0 Å². The Morgan fingerprint density at radius 1 is 0.556 bits per heavy atom. The molecule has 9 heteroatoms. The number of halogens is 4. The van der Waals surface area contributed by atoms with E-state index >= 15 is 0 Å². The average molecular weight is 307 g/mol. The topological polar surface area (TPSA) is 126 Å². The quantitative estimate of drug-likeness (QED) is 0.533. The molecule has 9 heavy (non-hydrogen) atoms. The van der Waals surface area contributed by atoms with Crippen LogP contribution in [0, 0.1) is 0 Å². The monoisotopic (exact) mass is 305 g/mol. The molecule has 0 aromatic heterocycles. The van der Waals surface area contributed by atoms with E-state index in [1.54, 1.807) is 0 Å². The minimum atomic E-state index is -3.21. The summed E-state index contributed by atoms with van der Waals surface area (Å²) in [6, 6.07) is 0. The molecule has 0 unspecified atom stereocenters. The fourth-order valence-corrected chi connectivity index (χ4v) is 0. The molecule has 0 heterocycles. The molecule has 0 aromatic rings. The molecular formula is H8Cl4NbO4. The predicted octanol–water partition coefficient (Wildman–Crippen LogP) is -0.543. The van der Waals surface area contributed by atoms with E-state index in [9.17, 15) is 0 Å². The molecule has 0 rings (SSSR count). The van der Waals surface area contributed by atoms with Crippen LogP contribution in [0.3, 0.4) is 0 Å². The Kier molecular flexibility index (Phi) is 42.7. The van der Waals surface area contributed by atoms with E-state index in [1.165, 1.54) is 0 Å². The van der Waals surface area contributed by atoms with E-state index in [1.807, 2.05) is 0 Å². The number of hydrogen-bond donors (Lipinski definition) is 0. The van der Waals surface area contributed by atoms with E-state index in [4.69, 9.17) is 36.8 Å². The van der Waals surface area contributed by atoms with Crippen LogP contribution < -0.4 is 0 Å². The maximum absolute atomic E-state index is 5.03. The van der Waals surface area contributed by atoms with Crippen LogP contribution in [0.1, 0.15) is 0 Å². The Labute approximate surface area is 71.1 Å². The van der Waals surface area contributed by atoms with Crippen molar-refractivity contribution in [2.45, 2.75) is 0 Å². The van der Waals surface area contributed by atoms with Crippen molar-refractivity contribution in [2.75, 3.05) is 0 Å². The Morgan fingerprint density at radius 3 is 0.556 bits per heavy atom. The first-order valence-electron chi connectivity index (χ1n) is 0.676. The van der Waals surface area contributed by atoms with Crippen LogP contribution in [-0.2, 0) is 12.8 Å². The summed E-state index contributed by atoms with van der Waals surface area (Å²) in [6.07, 6.45) is 0. The molecule has 0 aromatic carbocycles. The minimum absolute atomic E-state index is 0. The van der Waals surface area contributed by atoms with Crippen LogP contribution >= 0.6 is 36.8 Å². The summed E-state index contributed by atoms with van der Waals surface area (Å²) in [5, 5.41) is 0. The van der Waals surface area contributed by atoms with Gasteiger partial charge in [-0.3, -0.25) is 0 Å². The fourth-order valence-electron chi connectivity index (χ4n) is 0. The first kappa shape index (κ1) is 30.9. The number of rotatable bonds is 0. The molecule has 4 nitrogen and oxygen atoms in total. The van der Waals surface area contributed by atoms with Gasteiger partial charge in [-0.15, -0.1) is 0 Å². The summed E-state index contributed by atoms with van der Waals surface area (Å²) in [5.41, 5.74) is 0. The van der Waals surface area contributed by atoms with Crippen molar-refractivity contribution in [3.63, 3.8) is 0 Å². The van der Waals surface area contributed by atoms with Gasteiger partial charge in [-0.25, -0.2) is 0 Å². The summed E-state index contributed by atoms with van der Waals surface area (Å²) in [5.74, 6) is 0. The Morgan fingerprint density at radius 2 is 0.556 bits per heavy atom. The molecule has 0 bridgehead atoms. The van der Waals surface area contributed by atoms with Crippen molar-refractivity contribution in [1.82, 2.24) is 0 Å². The molecule has 65 valence electrons.